The van der Waals surface area contributed by atoms with E-state index in [0.717, 1.165) is 12.4 Å². The summed E-state index contributed by atoms with van der Waals surface area (Å²) in [5.74, 6) is 1.70. The van der Waals surface area contributed by atoms with Crippen molar-refractivity contribution in [2.75, 3.05) is 6.54 Å². The van der Waals surface area contributed by atoms with E-state index in [9.17, 15) is 0 Å². The quantitative estimate of drug-likeness (QED) is 0.868. The molecule has 2 unspecified atom stereocenters. The smallest absolute Gasteiger partial charge is 0.150 e. The first-order valence-electron chi connectivity index (χ1n) is 7.17. The molecule has 2 heterocycles. The Morgan fingerprint density at radius 3 is 3.00 bits per heavy atom. The maximum Gasteiger partial charge on any atom is 0.150 e. The first-order valence-corrected chi connectivity index (χ1v) is 8.05. The van der Waals surface area contributed by atoms with Gasteiger partial charge in [0.15, 0.2) is 0 Å². The van der Waals surface area contributed by atoms with E-state index in [1.54, 1.807) is 11.3 Å². The molecule has 102 valence electrons. The Bertz CT molecular complexity index is 503. The van der Waals surface area contributed by atoms with Crippen LogP contribution >= 0.6 is 11.3 Å². The molecule has 19 heavy (non-hydrogen) atoms. The summed E-state index contributed by atoms with van der Waals surface area (Å²) in [7, 11) is 0. The first-order chi connectivity index (χ1) is 9.40. The van der Waals surface area contributed by atoms with Crippen LogP contribution in [0, 0.1) is 5.92 Å². The third kappa shape index (κ3) is 2.60. The lowest BCUT2D eigenvalue weighted by Gasteiger charge is -2.26. The van der Waals surface area contributed by atoms with Crippen LogP contribution in [0.1, 0.15) is 38.1 Å². The molecule has 2 N–H and O–H groups in total. The normalized spacial score (nSPS) is 24.3. The molecule has 1 saturated carbocycles. The maximum atomic E-state index is 6.01. The molecule has 0 aliphatic heterocycles. The van der Waals surface area contributed by atoms with E-state index in [1.807, 2.05) is 6.20 Å². The fourth-order valence-corrected chi connectivity index (χ4v) is 3.91. The van der Waals surface area contributed by atoms with E-state index < -0.39 is 0 Å². The molecule has 1 fully saturated rings. The Morgan fingerprint density at radius 1 is 1.32 bits per heavy atom. The van der Waals surface area contributed by atoms with Gasteiger partial charge in [0.05, 0.1) is 4.88 Å². The molecule has 0 bridgehead atoms. The van der Waals surface area contributed by atoms with Crippen molar-refractivity contribution in [3.8, 4) is 10.7 Å². The van der Waals surface area contributed by atoms with Crippen LogP contribution in [0.15, 0.2) is 29.9 Å². The molecule has 3 nitrogen and oxygen atoms in total. The number of thiophene rings is 1. The number of nitrogens with zero attached hydrogens (tertiary/aromatic N) is 2. The third-order valence-electron chi connectivity index (χ3n) is 4.19. The number of nitrogens with two attached hydrogens (primary N) is 1. The molecule has 0 radical (unpaired) electrons. The van der Waals surface area contributed by atoms with Crippen molar-refractivity contribution in [2.24, 2.45) is 11.7 Å². The molecular formula is C15H21N3S. The fraction of sp³-hybridized carbons (Fsp3) is 0.533. The minimum absolute atomic E-state index is 0.520. The lowest BCUT2D eigenvalue weighted by atomic mass is 9.94. The van der Waals surface area contributed by atoms with E-state index in [-0.39, 0.29) is 0 Å². The molecule has 2 aromatic rings. The second-order valence-electron chi connectivity index (χ2n) is 5.34. The van der Waals surface area contributed by atoms with Gasteiger partial charge in [-0.3, -0.25) is 0 Å². The van der Waals surface area contributed by atoms with Gasteiger partial charge in [-0.25, -0.2) is 4.98 Å². The highest BCUT2D eigenvalue weighted by Crippen LogP contribution is 2.35. The van der Waals surface area contributed by atoms with Crippen LogP contribution < -0.4 is 5.73 Å². The van der Waals surface area contributed by atoms with Gasteiger partial charge in [0.25, 0.3) is 0 Å². The summed E-state index contributed by atoms with van der Waals surface area (Å²) in [4.78, 5) is 5.82. The third-order valence-corrected chi connectivity index (χ3v) is 5.06. The highest BCUT2D eigenvalue weighted by Gasteiger charge is 2.26. The van der Waals surface area contributed by atoms with Crippen LogP contribution in [0.2, 0.25) is 0 Å². The summed E-state index contributed by atoms with van der Waals surface area (Å²) in [6.07, 6.45) is 10.5. The number of rotatable bonds is 3. The number of hydrogen-bond donors (Lipinski definition) is 1. The van der Waals surface area contributed by atoms with E-state index >= 15 is 0 Å². The summed E-state index contributed by atoms with van der Waals surface area (Å²) >= 11 is 1.76. The van der Waals surface area contributed by atoms with Crippen LogP contribution in [-0.2, 0) is 0 Å². The fourth-order valence-electron chi connectivity index (χ4n) is 3.18. The predicted molar refractivity (Wildman–Crippen MR) is 80.2 cm³/mol. The van der Waals surface area contributed by atoms with Gasteiger partial charge in [0.2, 0.25) is 0 Å². The van der Waals surface area contributed by atoms with Crippen LogP contribution in [-0.4, -0.2) is 16.1 Å². The van der Waals surface area contributed by atoms with Crippen LogP contribution in [0.3, 0.4) is 0 Å². The molecule has 2 aromatic heterocycles. The maximum absolute atomic E-state index is 6.01. The molecular weight excluding hydrogens is 254 g/mol. The van der Waals surface area contributed by atoms with Crippen molar-refractivity contribution in [2.45, 2.75) is 38.1 Å². The highest BCUT2D eigenvalue weighted by atomic mass is 32.1. The van der Waals surface area contributed by atoms with Gasteiger partial charge in [-0.15, -0.1) is 11.3 Å². The first kappa shape index (κ1) is 12.9. The Kier molecular flexibility index (Phi) is 3.99. The molecule has 4 heteroatoms. The molecule has 0 amide bonds. The highest BCUT2D eigenvalue weighted by molar-refractivity contribution is 7.13. The number of hydrogen-bond acceptors (Lipinski definition) is 3. The largest absolute Gasteiger partial charge is 0.330 e. The average molecular weight is 275 g/mol. The zero-order chi connectivity index (χ0) is 13.1. The van der Waals surface area contributed by atoms with Crippen molar-refractivity contribution >= 4 is 11.3 Å². The topological polar surface area (TPSA) is 43.8 Å². The van der Waals surface area contributed by atoms with Crippen molar-refractivity contribution < 1.29 is 0 Å². The summed E-state index contributed by atoms with van der Waals surface area (Å²) in [5, 5.41) is 2.11. The van der Waals surface area contributed by atoms with Gasteiger partial charge < -0.3 is 10.3 Å². The van der Waals surface area contributed by atoms with E-state index in [2.05, 4.69) is 33.3 Å². The molecule has 1 aliphatic carbocycles. The summed E-state index contributed by atoms with van der Waals surface area (Å²) < 4.78 is 2.37. The Labute approximate surface area is 118 Å². The van der Waals surface area contributed by atoms with Crippen molar-refractivity contribution in [1.82, 2.24) is 9.55 Å². The van der Waals surface area contributed by atoms with Crippen molar-refractivity contribution in [1.29, 1.82) is 0 Å². The number of imidazole rings is 1. The lowest BCUT2D eigenvalue weighted by molar-refractivity contribution is 0.319. The van der Waals surface area contributed by atoms with Crippen molar-refractivity contribution in [3.05, 3.63) is 29.9 Å². The Balaban J connectivity index is 1.94. The van der Waals surface area contributed by atoms with Gasteiger partial charge in [-0.05, 0) is 36.8 Å². The minimum Gasteiger partial charge on any atom is -0.330 e. The molecule has 0 aromatic carbocycles. The minimum atomic E-state index is 0.520. The van der Waals surface area contributed by atoms with Gasteiger partial charge in [0.1, 0.15) is 5.82 Å². The van der Waals surface area contributed by atoms with Gasteiger partial charge >= 0.3 is 0 Å². The zero-order valence-corrected chi connectivity index (χ0v) is 12.0. The van der Waals surface area contributed by atoms with E-state index in [0.29, 0.717) is 12.0 Å². The van der Waals surface area contributed by atoms with Gasteiger partial charge in [-0.1, -0.05) is 25.3 Å². The average Bonchev–Trinajstić information content (AvgIpc) is 3.05. The molecule has 1 aliphatic rings. The Hall–Kier alpha value is -1.13. The van der Waals surface area contributed by atoms with Gasteiger partial charge in [-0.2, -0.15) is 0 Å². The van der Waals surface area contributed by atoms with Crippen LogP contribution in [0.4, 0.5) is 0 Å². The zero-order valence-electron chi connectivity index (χ0n) is 11.2. The molecule has 0 spiro atoms. The standard InChI is InChI=1S/C15H21N3S/c16-11-12-5-2-1-3-6-13(12)18-9-8-17-15(18)14-7-4-10-19-14/h4,7-10,12-13H,1-3,5-6,11,16H2. The van der Waals surface area contributed by atoms with E-state index in [4.69, 9.17) is 5.73 Å². The summed E-state index contributed by atoms with van der Waals surface area (Å²) in [5.41, 5.74) is 6.01. The number of aromatic nitrogens is 2. The monoisotopic (exact) mass is 275 g/mol. The molecule has 0 saturated heterocycles. The molecule has 2 atom stereocenters. The summed E-state index contributed by atoms with van der Waals surface area (Å²) in [6, 6.07) is 4.76. The second kappa shape index (κ2) is 5.88. The van der Waals surface area contributed by atoms with Crippen LogP contribution in [0.25, 0.3) is 10.7 Å². The molecule has 3 rings (SSSR count). The Morgan fingerprint density at radius 2 is 2.21 bits per heavy atom. The summed E-state index contributed by atoms with van der Waals surface area (Å²) in [6.45, 7) is 0.784. The van der Waals surface area contributed by atoms with Crippen molar-refractivity contribution in [3.63, 3.8) is 0 Å². The van der Waals surface area contributed by atoms with Crippen LogP contribution in [0.5, 0.6) is 0 Å². The van der Waals surface area contributed by atoms with Gasteiger partial charge in [0, 0.05) is 18.4 Å². The van der Waals surface area contributed by atoms with E-state index in [1.165, 1.54) is 37.0 Å². The predicted octanol–water partition coefficient (Wildman–Crippen LogP) is 3.69. The second-order valence-corrected chi connectivity index (χ2v) is 6.28. The lowest BCUT2D eigenvalue weighted by Crippen LogP contribution is -2.25. The SMILES string of the molecule is NCC1CCCCCC1n1ccnc1-c1cccs1.